The molecule has 15 heterocycles. The first kappa shape index (κ1) is 86.4. The van der Waals surface area contributed by atoms with Crippen LogP contribution in [0.2, 0.25) is 15.1 Å². The summed E-state index contributed by atoms with van der Waals surface area (Å²) in [5.41, 5.74) is 3.25. The highest BCUT2D eigenvalue weighted by atomic mass is 35.5. The van der Waals surface area contributed by atoms with Gasteiger partial charge in [-0.1, -0.05) is 114 Å². The Labute approximate surface area is 731 Å². The number of halogens is 9. The SMILES string of the molecule is C=CC(=O)N1CCN2c3nc(=O)n(-c4c(C)ccnc4C(C)C)c4nc(-c5cccc(F)c5F)c(Cl)c(c34)OC[C@@H]2C1.C=CC(=O)N1CCN2c3nc(=O)n(-c4c(C)ccnc4C(C)C)c4nc(-c5cccc(F)c5F)c(Cl)c(c34)OC[C@@H]2C1.C=CC(=O)N1CCN2c3nc(=O)n(-c4c(C)ccnc4C(C)C)c4nc(-c5cccc(F)c5F)c(Cl)c(c34)OC[C@@H]2C1. The van der Waals surface area contributed by atoms with Gasteiger partial charge in [0.1, 0.15) is 68.5 Å². The van der Waals surface area contributed by atoms with E-state index in [1.54, 1.807) is 51.5 Å². The van der Waals surface area contributed by atoms with E-state index >= 15 is 13.2 Å². The van der Waals surface area contributed by atoms with Gasteiger partial charge in [-0.2, -0.15) is 15.0 Å². The van der Waals surface area contributed by atoms with Crippen molar-refractivity contribution in [2.45, 2.75) is 98.2 Å². The van der Waals surface area contributed by atoms with E-state index in [4.69, 9.17) is 64.0 Å². The van der Waals surface area contributed by atoms with Crippen LogP contribution in [0, 0.1) is 55.7 Å². The predicted octanol–water partition coefficient (Wildman–Crippen LogP) is 14.4. The van der Waals surface area contributed by atoms with Crippen LogP contribution in [0.4, 0.5) is 43.8 Å². The van der Waals surface area contributed by atoms with E-state index in [0.29, 0.717) is 127 Å². The van der Waals surface area contributed by atoms with E-state index in [1.807, 2.05) is 77.0 Å². The fraction of sp³-hybridized carbons (Fsp3) is 0.300. The standard InChI is InChI=1S/3C30H27ClF2N6O3/c3*1-5-20(40)37-11-12-38-17(13-37)14-42-27-21-28(38)36-30(41)39(26-16(4)9-10-34-24(26)15(2)3)29(21)35-25(22(27)31)18-7-6-8-19(32)23(18)33/h3*5-10,15,17H,1,11-14H2,2-4H3/t3*17-/m000/s1. The zero-order chi connectivity index (χ0) is 89.6. The van der Waals surface area contributed by atoms with Crippen molar-refractivity contribution in [1.29, 1.82) is 0 Å². The zero-order valence-corrected chi connectivity index (χ0v) is 71.9. The van der Waals surface area contributed by atoms with Crippen molar-refractivity contribution >= 4 is 103 Å². The Kier molecular flexibility index (Phi) is 23.6. The molecule has 3 fully saturated rings. The van der Waals surface area contributed by atoms with Gasteiger partial charge in [0, 0.05) is 94.2 Å². The first-order valence-electron chi connectivity index (χ1n) is 40.5. The maximum Gasteiger partial charge on any atom is 0.355 e. The summed E-state index contributed by atoms with van der Waals surface area (Å²) >= 11 is 20.6. The average Bonchev–Trinajstić information content (AvgIpc) is 1.29. The second-order valence-corrected chi connectivity index (χ2v) is 33.0. The Morgan fingerprint density at radius 2 is 0.667 bits per heavy atom. The quantitative estimate of drug-likeness (QED) is 0.0811. The van der Waals surface area contributed by atoms with E-state index in [2.05, 4.69) is 49.6 Å². The maximum absolute atomic E-state index is 15.1. The van der Waals surface area contributed by atoms with Crippen LogP contribution >= 0.6 is 34.8 Å². The Hall–Kier alpha value is -13.1. The Bertz CT molecular complexity index is 6160. The maximum atomic E-state index is 15.1. The number of hydrogen-bond donors (Lipinski definition) is 0. The molecule has 0 spiro atoms. The normalized spacial score (nSPS) is 16.3. The Morgan fingerprint density at radius 3 is 0.913 bits per heavy atom. The minimum Gasteiger partial charge on any atom is -0.489 e. The van der Waals surface area contributed by atoms with Crippen molar-refractivity contribution < 1.29 is 54.9 Å². The third-order valence-corrected chi connectivity index (χ3v) is 24.1. The van der Waals surface area contributed by atoms with Gasteiger partial charge < -0.3 is 43.6 Å². The van der Waals surface area contributed by atoms with Crippen LogP contribution in [0.5, 0.6) is 17.2 Å². The number of ether oxygens (including phenoxy) is 3. The summed E-state index contributed by atoms with van der Waals surface area (Å²) in [5.74, 6) is -6.18. The smallest absolute Gasteiger partial charge is 0.355 e. The summed E-state index contributed by atoms with van der Waals surface area (Å²) in [6.45, 7) is 31.3. The molecule has 36 heteroatoms. The molecule has 9 aromatic heterocycles. The first-order chi connectivity index (χ1) is 60.3. The molecule has 126 heavy (non-hydrogen) atoms. The van der Waals surface area contributed by atoms with Crippen LogP contribution in [0.15, 0.2) is 144 Å². The molecule has 12 aromatic rings. The molecular weight excluding hydrogens is 1700 g/mol. The van der Waals surface area contributed by atoms with Crippen LogP contribution in [0.3, 0.4) is 0 Å². The van der Waals surface area contributed by atoms with Crippen LogP contribution in [0.25, 0.3) is 83.9 Å². The van der Waals surface area contributed by atoms with Gasteiger partial charge in [-0.05, 0) is 128 Å². The number of aryl methyl sites for hydroxylation is 3. The number of pyridine rings is 6. The second-order valence-electron chi connectivity index (χ2n) is 31.9. The lowest BCUT2D eigenvalue weighted by Crippen LogP contribution is -2.56. The van der Waals surface area contributed by atoms with Gasteiger partial charge in [-0.3, -0.25) is 29.3 Å². The number of nitrogens with zero attached hydrogens (tertiary/aromatic N) is 18. The number of fused-ring (bicyclic) bond motifs is 6. The van der Waals surface area contributed by atoms with Gasteiger partial charge in [0.05, 0.1) is 69.4 Å². The van der Waals surface area contributed by atoms with E-state index in [1.165, 1.54) is 68.3 Å². The lowest BCUT2D eigenvalue weighted by molar-refractivity contribution is -0.127. The van der Waals surface area contributed by atoms with Crippen molar-refractivity contribution in [3.05, 3.63) is 245 Å². The van der Waals surface area contributed by atoms with Gasteiger partial charge >= 0.3 is 17.1 Å². The molecule has 0 unspecified atom stereocenters. The van der Waals surface area contributed by atoms with Crippen molar-refractivity contribution in [3.8, 4) is 68.1 Å². The number of benzene rings is 3. The topological polar surface area (TPSA) is 280 Å². The van der Waals surface area contributed by atoms with E-state index < -0.39 is 52.0 Å². The largest absolute Gasteiger partial charge is 0.489 e. The molecule has 3 saturated heterocycles. The van der Waals surface area contributed by atoms with E-state index in [9.17, 15) is 41.9 Å². The summed E-state index contributed by atoms with van der Waals surface area (Å²) in [6.07, 6.45) is 8.75. The fourth-order valence-corrected chi connectivity index (χ4v) is 17.9. The van der Waals surface area contributed by atoms with Crippen LogP contribution < -0.4 is 46.0 Å². The van der Waals surface area contributed by atoms with E-state index in [0.717, 1.165) is 34.9 Å². The predicted molar refractivity (Wildman–Crippen MR) is 467 cm³/mol. The molecule has 0 N–H and O–H groups in total. The summed E-state index contributed by atoms with van der Waals surface area (Å²) in [6, 6.07) is 15.4. The molecular formula is C90H81Cl3F6N18O9. The molecule has 27 nitrogen and oxygen atoms in total. The van der Waals surface area contributed by atoms with Crippen LogP contribution in [0.1, 0.15) is 93.1 Å². The summed E-state index contributed by atoms with van der Waals surface area (Å²) < 4.78 is 111. The van der Waals surface area contributed by atoms with Crippen LogP contribution in [-0.2, 0) is 14.4 Å². The molecule has 0 radical (unpaired) electrons. The lowest BCUT2D eigenvalue weighted by Gasteiger charge is -2.40. The number of hydrogen-bond acceptors (Lipinski definition) is 21. The second kappa shape index (κ2) is 34.4. The third-order valence-electron chi connectivity index (χ3n) is 23.1. The minimum absolute atomic E-state index is 0.0499. The highest BCUT2D eigenvalue weighted by Crippen LogP contribution is 2.51. The lowest BCUT2D eigenvalue weighted by atomic mass is 10.0. The number of carbonyl (C=O) groups is 3. The highest BCUT2D eigenvalue weighted by molar-refractivity contribution is 6.37. The zero-order valence-electron chi connectivity index (χ0n) is 69.6. The van der Waals surface area contributed by atoms with Gasteiger partial charge in [-0.15, -0.1) is 0 Å². The van der Waals surface area contributed by atoms with E-state index in [-0.39, 0.29) is 156 Å². The number of amides is 3. The molecule has 18 rings (SSSR count). The third kappa shape index (κ3) is 15.0. The van der Waals surface area contributed by atoms with Gasteiger partial charge in [-0.25, -0.2) is 69.4 Å². The van der Waals surface area contributed by atoms with Gasteiger partial charge in [0.15, 0.2) is 69.1 Å². The highest BCUT2D eigenvalue weighted by Gasteiger charge is 2.43. The van der Waals surface area contributed by atoms with Gasteiger partial charge in [0.25, 0.3) is 0 Å². The Balaban J connectivity index is 0.000000139. The Morgan fingerprint density at radius 1 is 0.405 bits per heavy atom. The summed E-state index contributed by atoms with van der Waals surface area (Å²) in [4.78, 5) is 131. The van der Waals surface area contributed by atoms with Crippen molar-refractivity contribution in [2.24, 2.45) is 0 Å². The molecule has 3 amide bonds. The number of aromatic nitrogens is 12. The molecule has 0 aliphatic carbocycles. The molecule has 3 aromatic carbocycles. The number of rotatable bonds is 12. The molecule has 0 saturated carbocycles. The molecule has 0 bridgehead atoms. The van der Waals surface area contributed by atoms with Crippen molar-refractivity contribution in [1.82, 2.24) is 73.3 Å². The minimum atomic E-state index is -1.13. The average molecular weight is 1780 g/mol. The molecule has 648 valence electrons. The number of carbonyl (C=O) groups excluding carboxylic acids is 3. The first-order valence-corrected chi connectivity index (χ1v) is 41.6. The van der Waals surface area contributed by atoms with Crippen molar-refractivity contribution in [2.75, 3.05) is 93.4 Å². The summed E-state index contributed by atoms with van der Waals surface area (Å²) in [5, 5.41) is 0.903. The van der Waals surface area contributed by atoms with Gasteiger partial charge in [0.2, 0.25) is 17.7 Å². The monoisotopic (exact) mass is 1780 g/mol. The molecule has 6 aliphatic rings. The number of anilines is 3. The van der Waals surface area contributed by atoms with Crippen molar-refractivity contribution in [3.63, 3.8) is 0 Å². The van der Waals surface area contributed by atoms with Crippen LogP contribution in [-0.4, -0.2) is 188 Å². The molecule has 3 atom stereocenters. The number of piperazine rings is 3. The summed E-state index contributed by atoms with van der Waals surface area (Å²) in [7, 11) is 0. The molecule has 6 aliphatic heterocycles. The fourth-order valence-electron chi connectivity index (χ4n) is 17.0.